The van der Waals surface area contributed by atoms with Crippen LogP contribution >= 0.6 is 0 Å². The summed E-state index contributed by atoms with van der Waals surface area (Å²) < 4.78 is 20.3. The minimum absolute atomic E-state index is 0.000239. The van der Waals surface area contributed by atoms with Crippen molar-refractivity contribution in [1.29, 1.82) is 0 Å². The maximum Gasteiger partial charge on any atom is 0.245 e. The first-order valence-electron chi connectivity index (χ1n) is 12.9. The zero-order valence-electron chi connectivity index (χ0n) is 22.1. The molecule has 0 aliphatic rings. The van der Waals surface area contributed by atoms with E-state index < -0.39 is 5.95 Å². The number of nitrogens with one attached hydrogen (secondary N) is 1. The number of aromatic nitrogens is 3. The molecule has 0 atom stereocenters. The third kappa shape index (κ3) is 6.54. The second-order valence-corrected chi connectivity index (χ2v) is 9.22. The van der Waals surface area contributed by atoms with Crippen LogP contribution in [0.4, 0.5) is 4.39 Å². The molecule has 1 amide bonds. The van der Waals surface area contributed by atoms with E-state index in [0.717, 1.165) is 59.3 Å². The van der Waals surface area contributed by atoms with Crippen LogP contribution in [0.3, 0.4) is 0 Å². The van der Waals surface area contributed by atoms with Gasteiger partial charge in [0.25, 0.3) is 0 Å². The molecule has 0 radical (unpaired) electrons. The fourth-order valence-corrected chi connectivity index (χ4v) is 4.33. The zero-order valence-corrected chi connectivity index (χ0v) is 22.1. The highest BCUT2D eigenvalue weighted by molar-refractivity contribution is 6.00. The normalized spacial score (nSPS) is 12.1. The number of pyridine rings is 1. The maximum absolute atomic E-state index is 14.4. The summed E-state index contributed by atoms with van der Waals surface area (Å²) >= 11 is 0. The molecule has 0 saturated carbocycles. The van der Waals surface area contributed by atoms with Gasteiger partial charge in [-0.2, -0.15) is 9.49 Å². The van der Waals surface area contributed by atoms with Gasteiger partial charge in [-0.05, 0) is 96.0 Å². The first-order chi connectivity index (χ1) is 18.5. The number of unbranched alkanes of at least 4 members (excludes halogenated alkanes) is 2. The zero-order chi connectivity index (χ0) is 26.9. The van der Waals surface area contributed by atoms with Gasteiger partial charge in [-0.25, -0.2) is 0 Å². The van der Waals surface area contributed by atoms with E-state index in [0.29, 0.717) is 17.5 Å². The van der Waals surface area contributed by atoms with Crippen LogP contribution in [0.25, 0.3) is 22.0 Å². The van der Waals surface area contributed by atoms with Crippen molar-refractivity contribution in [2.45, 2.75) is 32.6 Å². The van der Waals surface area contributed by atoms with Gasteiger partial charge in [-0.1, -0.05) is 31.2 Å². The number of allylic oxidation sites excluding steroid dienone is 2. The van der Waals surface area contributed by atoms with Crippen molar-refractivity contribution in [3.05, 3.63) is 102 Å². The SMILES string of the molecule is CC/C(=C(/c1ccc(OCCCC/C=C/C(=O)N(C)C)cc1)c1ccc2n[nH]c(F)c2c1)c1ccncc1. The van der Waals surface area contributed by atoms with Gasteiger partial charge in [0.2, 0.25) is 11.9 Å². The molecule has 196 valence electrons. The summed E-state index contributed by atoms with van der Waals surface area (Å²) in [5, 5.41) is 6.93. The molecule has 0 unspecified atom stereocenters. The Morgan fingerprint density at radius 1 is 1.00 bits per heavy atom. The average molecular weight is 513 g/mol. The molecular formula is C31H33FN4O2. The number of rotatable bonds is 11. The summed E-state index contributed by atoms with van der Waals surface area (Å²) in [6.07, 6.45) is 10.6. The number of amides is 1. The van der Waals surface area contributed by atoms with Crippen LogP contribution < -0.4 is 4.74 Å². The Morgan fingerprint density at radius 2 is 1.74 bits per heavy atom. The topological polar surface area (TPSA) is 71.1 Å². The van der Waals surface area contributed by atoms with Crippen LogP contribution in [0.1, 0.15) is 49.3 Å². The van der Waals surface area contributed by atoms with Crippen molar-refractivity contribution < 1.29 is 13.9 Å². The van der Waals surface area contributed by atoms with Gasteiger partial charge in [-0.3, -0.25) is 14.9 Å². The summed E-state index contributed by atoms with van der Waals surface area (Å²) in [7, 11) is 3.48. The number of carbonyl (C=O) groups excluding carboxylic acids is 1. The molecule has 0 aliphatic carbocycles. The van der Waals surface area contributed by atoms with E-state index in [2.05, 4.69) is 22.1 Å². The maximum atomic E-state index is 14.4. The Bertz CT molecular complexity index is 1420. The lowest BCUT2D eigenvalue weighted by Gasteiger charge is -2.17. The Hall–Kier alpha value is -4.26. The fraction of sp³-hybridized carbons (Fsp3) is 0.258. The van der Waals surface area contributed by atoms with Gasteiger partial charge in [0, 0.05) is 26.5 Å². The Labute approximate surface area is 222 Å². The minimum atomic E-state index is -0.438. The van der Waals surface area contributed by atoms with Gasteiger partial charge in [0.15, 0.2) is 0 Å². The minimum Gasteiger partial charge on any atom is -0.494 e. The second-order valence-electron chi connectivity index (χ2n) is 9.22. The lowest BCUT2D eigenvalue weighted by atomic mass is 9.88. The van der Waals surface area contributed by atoms with Gasteiger partial charge in [0.1, 0.15) is 5.75 Å². The van der Waals surface area contributed by atoms with Crippen LogP contribution in [-0.2, 0) is 4.79 Å². The molecular weight excluding hydrogens is 479 g/mol. The van der Waals surface area contributed by atoms with E-state index in [1.165, 1.54) is 0 Å². The third-order valence-corrected chi connectivity index (χ3v) is 6.36. The number of aromatic amines is 1. The van der Waals surface area contributed by atoms with E-state index in [1.54, 1.807) is 37.5 Å². The van der Waals surface area contributed by atoms with Crippen LogP contribution in [0.15, 0.2) is 79.1 Å². The number of ether oxygens (including phenoxy) is 1. The van der Waals surface area contributed by atoms with Gasteiger partial charge < -0.3 is 9.64 Å². The highest BCUT2D eigenvalue weighted by Gasteiger charge is 2.15. The average Bonchev–Trinajstić information content (AvgIpc) is 3.31. The first-order valence-corrected chi connectivity index (χ1v) is 12.9. The summed E-state index contributed by atoms with van der Waals surface area (Å²) in [6.45, 7) is 2.72. The fourth-order valence-electron chi connectivity index (χ4n) is 4.33. The molecule has 2 aromatic carbocycles. The number of halogens is 1. The third-order valence-electron chi connectivity index (χ3n) is 6.36. The number of hydrogen-bond acceptors (Lipinski definition) is 4. The molecule has 4 rings (SSSR count). The molecule has 2 heterocycles. The van der Waals surface area contributed by atoms with Crippen molar-refractivity contribution in [3.8, 4) is 5.75 Å². The van der Waals surface area contributed by atoms with E-state index >= 15 is 0 Å². The van der Waals surface area contributed by atoms with Crippen LogP contribution in [0, 0.1) is 5.95 Å². The number of carbonyl (C=O) groups is 1. The summed E-state index contributed by atoms with van der Waals surface area (Å²) in [5.74, 6) is 0.358. The van der Waals surface area contributed by atoms with Gasteiger partial charge >= 0.3 is 0 Å². The highest BCUT2D eigenvalue weighted by atomic mass is 19.1. The van der Waals surface area contributed by atoms with Crippen molar-refractivity contribution in [2.75, 3.05) is 20.7 Å². The molecule has 38 heavy (non-hydrogen) atoms. The van der Waals surface area contributed by atoms with E-state index in [-0.39, 0.29) is 5.91 Å². The number of nitrogens with zero attached hydrogens (tertiary/aromatic N) is 3. The number of likely N-dealkylation sites (N-methyl/N-ethyl adjacent to an activating group) is 1. The molecule has 4 aromatic rings. The predicted molar refractivity (Wildman–Crippen MR) is 150 cm³/mol. The van der Waals surface area contributed by atoms with E-state index in [1.807, 2.05) is 60.7 Å². The van der Waals surface area contributed by atoms with E-state index in [9.17, 15) is 9.18 Å². The van der Waals surface area contributed by atoms with Crippen molar-refractivity contribution in [3.63, 3.8) is 0 Å². The molecule has 0 aliphatic heterocycles. The van der Waals surface area contributed by atoms with Crippen molar-refractivity contribution in [2.24, 2.45) is 0 Å². The smallest absolute Gasteiger partial charge is 0.245 e. The molecule has 1 N–H and O–H groups in total. The number of H-pyrrole nitrogens is 1. The van der Waals surface area contributed by atoms with Gasteiger partial charge in [0.05, 0.1) is 17.5 Å². The standard InChI is InChI=1S/C31H33FN4O2/c1-4-26(22-16-18-33-19-17-22)30(24-12-15-28-27(21-24)31(32)35-34-28)23-10-13-25(14-11-23)38-20-8-6-5-7-9-29(37)36(2)3/h7,9-19,21H,4-6,8,20H2,1-3H3,(H,34,35)/b9-7+,30-26+. The first kappa shape index (κ1) is 26.8. The Morgan fingerprint density at radius 3 is 2.45 bits per heavy atom. The Balaban J connectivity index is 1.53. The Kier molecular flexibility index (Phi) is 9.03. The molecule has 2 aromatic heterocycles. The second kappa shape index (κ2) is 12.8. The number of benzene rings is 2. The highest BCUT2D eigenvalue weighted by Crippen LogP contribution is 2.36. The van der Waals surface area contributed by atoms with Crippen LogP contribution in [0.5, 0.6) is 5.75 Å². The lowest BCUT2D eigenvalue weighted by molar-refractivity contribution is -0.123. The predicted octanol–water partition coefficient (Wildman–Crippen LogP) is 6.66. The van der Waals surface area contributed by atoms with Gasteiger partial charge in [-0.15, -0.1) is 0 Å². The molecule has 7 heteroatoms. The number of fused-ring (bicyclic) bond motifs is 1. The molecule has 0 fully saturated rings. The molecule has 0 saturated heterocycles. The monoisotopic (exact) mass is 512 g/mol. The van der Waals surface area contributed by atoms with Crippen molar-refractivity contribution in [1.82, 2.24) is 20.1 Å². The molecule has 0 spiro atoms. The van der Waals surface area contributed by atoms with Crippen LogP contribution in [-0.4, -0.2) is 46.7 Å². The lowest BCUT2D eigenvalue weighted by Crippen LogP contribution is -2.18. The molecule has 0 bridgehead atoms. The van der Waals surface area contributed by atoms with E-state index in [4.69, 9.17) is 4.74 Å². The molecule has 6 nitrogen and oxygen atoms in total. The quantitative estimate of drug-likeness (QED) is 0.180. The summed E-state index contributed by atoms with van der Waals surface area (Å²) in [4.78, 5) is 17.3. The number of hydrogen-bond donors (Lipinski definition) is 1. The summed E-state index contributed by atoms with van der Waals surface area (Å²) in [5.41, 5.74) is 5.78. The van der Waals surface area contributed by atoms with Crippen LogP contribution in [0.2, 0.25) is 0 Å². The largest absolute Gasteiger partial charge is 0.494 e. The summed E-state index contributed by atoms with van der Waals surface area (Å²) in [6, 6.07) is 17.7. The van der Waals surface area contributed by atoms with Crippen molar-refractivity contribution >= 4 is 28.0 Å².